The van der Waals surface area contributed by atoms with Crippen molar-refractivity contribution in [3.63, 3.8) is 0 Å². The molecule has 37 heavy (non-hydrogen) atoms. The summed E-state index contributed by atoms with van der Waals surface area (Å²) < 4.78 is 85.8. The number of amides is 2. The van der Waals surface area contributed by atoms with E-state index >= 15 is 0 Å². The van der Waals surface area contributed by atoms with Gasteiger partial charge in [-0.2, -0.15) is 13.2 Å². The van der Waals surface area contributed by atoms with Crippen LogP contribution in [0, 0.1) is 0 Å². The maximum absolute atomic E-state index is 14.5. The second-order valence-electron chi connectivity index (χ2n) is 7.53. The first kappa shape index (κ1) is 28.5. The minimum absolute atomic E-state index is 0.0669. The molecule has 0 spiro atoms. The molecule has 2 unspecified atom stereocenters. The molecule has 1 aliphatic rings. The predicted octanol–water partition coefficient (Wildman–Crippen LogP) is 9.04. The van der Waals surface area contributed by atoms with E-state index in [1.54, 1.807) is 0 Å². The quantitative estimate of drug-likeness (QED) is 0.296. The van der Waals surface area contributed by atoms with Crippen molar-refractivity contribution in [2.45, 2.75) is 38.5 Å². The smallest absolute Gasteiger partial charge is 0.406 e. The van der Waals surface area contributed by atoms with Crippen molar-refractivity contribution in [3.8, 4) is 5.75 Å². The highest BCUT2D eigenvalue weighted by Crippen LogP contribution is 2.48. The molecular formula is C25H20Cl2F6N2O2. The van der Waals surface area contributed by atoms with Gasteiger partial charge in [0, 0.05) is 21.4 Å². The predicted molar refractivity (Wildman–Crippen MR) is 130 cm³/mol. The van der Waals surface area contributed by atoms with Crippen LogP contribution in [-0.4, -0.2) is 24.6 Å². The van der Waals surface area contributed by atoms with Crippen LogP contribution in [0.2, 0.25) is 10.0 Å². The second kappa shape index (κ2) is 11.1. The average Bonchev–Trinajstić information content (AvgIpc) is 3.14. The van der Waals surface area contributed by atoms with Crippen LogP contribution in [-0.2, 0) is 0 Å². The minimum Gasteiger partial charge on any atom is -0.406 e. The Hall–Kier alpha value is -3.11. The van der Waals surface area contributed by atoms with E-state index in [9.17, 15) is 31.1 Å². The van der Waals surface area contributed by atoms with Crippen molar-refractivity contribution >= 4 is 40.6 Å². The molecule has 0 radical (unpaired) electrons. The van der Waals surface area contributed by atoms with Gasteiger partial charge in [-0.3, -0.25) is 9.80 Å². The lowest BCUT2D eigenvalue weighted by Crippen LogP contribution is -2.45. The van der Waals surface area contributed by atoms with Crippen LogP contribution in [0.4, 0.5) is 42.5 Å². The molecule has 4 nitrogen and oxygen atoms in total. The standard InChI is InChI=1S/C23H14Cl2F6N2O2.C2H6/c24-14-4-8-16(9-5-14)32-19(13-2-1-3-18(12-13)35-23(29,30)31)20(22(26,27)28)33(21(32)34)17-10-6-15(25)7-11-17;1-2/h1-12,19-20H;1-2H3. The summed E-state index contributed by atoms with van der Waals surface area (Å²) in [5.41, 5.74) is -0.239. The van der Waals surface area contributed by atoms with Gasteiger partial charge in [-0.15, -0.1) is 13.2 Å². The van der Waals surface area contributed by atoms with Gasteiger partial charge in [0.05, 0.1) is 6.04 Å². The molecule has 1 heterocycles. The Morgan fingerprint density at radius 2 is 1.24 bits per heavy atom. The Morgan fingerprint density at radius 1 is 0.757 bits per heavy atom. The summed E-state index contributed by atoms with van der Waals surface area (Å²) in [5.74, 6) is -0.718. The number of carbonyl (C=O) groups excluding carboxylic acids is 1. The Balaban J connectivity index is 0.00000186. The molecule has 3 aromatic carbocycles. The van der Waals surface area contributed by atoms with Crippen molar-refractivity contribution in [1.82, 2.24) is 0 Å². The Morgan fingerprint density at radius 3 is 1.70 bits per heavy atom. The highest BCUT2D eigenvalue weighted by atomic mass is 35.5. The Kier molecular flexibility index (Phi) is 8.54. The van der Waals surface area contributed by atoms with Crippen LogP contribution in [0.15, 0.2) is 72.8 Å². The summed E-state index contributed by atoms with van der Waals surface area (Å²) in [4.78, 5) is 14.9. The fraction of sp³-hybridized carbons (Fsp3) is 0.240. The van der Waals surface area contributed by atoms with Crippen LogP contribution in [0.3, 0.4) is 0 Å². The lowest BCUT2D eigenvalue weighted by molar-refractivity contribution is -0.274. The fourth-order valence-electron chi connectivity index (χ4n) is 3.93. The van der Waals surface area contributed by atoms with E-state index < -0.39 is 36.4 Å². The number of carbonyl (C=O) groups is 1. The zero-order chi connectivity index (χ0) is 27.5. The summed E-state index contributed by atoms with van der Waals surface area (Å²) >= 11 is 11.8. The van der Waals surface area contributed by atoms with Crippen LogP contribution in [0.1, 0.15) is 25.5 Å². The van der Waals surface area contributed by atoms with E-state index in [1.165, 1.54) is 54.6 Å². The summed E-state index contributed by atoms with van der Waals surface area (Å²) in [6, 6.07) is 9.51. The van der Waals surface area contributed by atoms with Gasteiger partial charge in [0.15, 0.2) is 6.04 Å². The van der Waals surface area contributed by atoms with Crippen molar-refractivity contribution in [2.24, 2.45) is 0 Å². The third kappa shape index (κ3) is 6.42. The van der Waals surface area contributed by atoms with Crippen molar-refractivity contribution in [1.29, 1.82) is 0 Å². The molecular weight excluding hydrogens is 545 g/mol. The van der Waals surface area contributed by atoms with Gasteiger partial charge in [0.1, 0.15) is 5.75 Å². The molecule has 198 valence electrons. The zero-order valence-corrected chi connectivity index (χ0v) is 20.8. The molecule has 2 atom stereocenters. The van der Waals surface area contributed by atoms with Crippen molar-refractivity contribution < 1.29 is 35.9 Å². The summed E-state index contributed by atoms with van der Waals surface area (Å²) in [5, 5.41) is 0.520. The van der Waals surface area contributed by atoms with Crippen molar-refractivity contribution in [3.05, 3.63) is 88.4 Å². The van der Waals surface area contributed by atoms with Crippen LogP contribution in [0.5, 0.6) is 5.75 Å². The first-order valence-electron chi connectivity index (χ1n) is 10.9. The van der Waals surface area contributed by atoms with Gasteiger partial charge < -0.3 is 4.74 Å². The normalized spacial score (nSPS) is 17.9. The molecule has 1 aliphatic heterocycles. The Bertz CT molecular complexity index is 1220. The Labute approximate surface area is 218 Å². The van der Waals surface area contributed by atoms with E-state index in [0.717, 1.165) is 23.1 Å². The summed E-state index contributed by atoms with van der Waals surface area (Å²) in [6.07, 6.45) is -10.0. The van der Waals surface area contributed by atoms with E-state index in [2.05, 4.69) is 4.74 Å². The number of alkyl halides is 6. The van der Waals surface area contributed by atoms with Crippen molar-refractivity contribution in [2.75, 3.05) is 9.80 Å². The molecule has 0 aliphatic carbocycles. The number of rotatable bonds is 4. The monoisotopic (exact) mass is 564 g/mol. The average molecular weight is 565 g/mol. The highest BCUT2D eigenvalue weighted by molar-refractivity contribution is 6.31. The molecule has 4 rings (SSSR count). The molecule has 0 N–H and O–H groups in total. The van der Waals surface area contributed by atoms with Gasteiger partial charge in [-0.05, 0) is 66.2 Å². The van der Waals surface area contributed by atoms with E-state index in [1.807, 2.05) is 13.8 Å². The number of anilines is 2. The van der Waals surface area contributed by atoms with E-state index in [4.69, 9.17) is 23.2 Å². The van der Waals surface area contributed by atoms with Crippen LogP contribution < -0.4 is 14.5 Å². The number of benzene rings is 3. The fourth-order valence-corrected chi connectivity index (χ4v) is 4.19. The number of hydrogen-bond acceptors (Lipinski definition) is 2. The third-order valence-corrected chi connectivity index (χ3v) is 5.75. The summed E-state index contributed by atoms with van der Waals surface area (Å²) in [7, 11) is 0. The molecule has 1 fully saturated rings. The molecule has 0 aromatic heterocycles. The lowest BCUT2D eigenvalue weighted by Gasteiger charge is -2.30. The van der Waals surface area contributed by atoms with E-state index in [-0.39, 0.29) is 27.0 Å². The van der Waals surface area contributed by atoms with Gasteiger partial charge in [0.25, 0.3) is 0 Å². The molecule has 0 bridgehead atoms. The minimum atomic E-state index is -5.06. The lowest BCUT2D eigenvalue weighted by atomic mass is 9.97. The molecule has 12 heteroatoms. The number of hydrogen-bond donors (Lipinski definition) is 0. The first-order valence-corrected chi connectivity index (χ1v) is 11.7. The van der Waals surface area contributed by atoms with Gasteiger partial charge in [-0.25, -0.2) is 4.79 Å². The maximum atomic E-state index is 14.5. The molecule has 3 aromatic rings. The van der Waals surface area contributed by atoms with E-state index in [0.29, 0.717) is 4.90 Å². The number of halogens is 8. The third-order valence-electron chi connectivity index (χ3n) is 5.25. The van der Waals surface area contributed by atoms with Gasteiger partial charge in [-0.1, -0.05) is 49.2 Å². The number of urea groups is 1. The SMILES string of the molecule is CC.O=C1N(c2ccc(Cl)cc2)C(c2cccc(OC(F)(F)F)c2)C(C(F)(F)F)N1c1ccc(Cl)cc1. The van der Waals surface area contributed by atoms with Crippen LogP contribution >= 0.6 is 23.2 Å². The summed E-state index contributed by atoms with van der Waals surface area (Å²) in [6.45, 7) is 4.00. The van der Waals surface area contributed by atoms with Gasteiger partial charge in [0.2, 0.25) is 0 Å². The molecule has 2 amide bonds. The van der Waals surface area contributed by atoms with Crippen LogP contribution in [0.25, 0.3) is 0 Å². The number of nitrogens with zero attached hydrogens (tertiary/aromatic N) is 2. The zero-order valence-electron chi connectivity index (χ0n) is 19.3. The highest BCUT2D eigenvalue weighted by Gasteiger charge is 2.60. The topological polar surface area (TPSA) is 32.8 Å². The number of ether oxygens (including phenoxy) is 1. The largest absolute Gasteiger partial charge is 0.573 e. The second-order valence-corrected chi connectivity index (χ2v) is 8.40. The molecule has 1 saturated heterocycles. The van der Waals surface area contributed by atoms with Gasteiger partial charge >= 0.3 is 18.6 Å². The molecule has 0 saturated carbocycles. The maximum Gasteiger partial charge on any atom is 0.573 e. The first-order chi connectivity index (χ1) is 17.3.